The summed E-state index contributed by atoms with van der Waals surface area (Å²) < 4.78 is 5.50. The highest BCUT2D eigenvalue weighted by Crippen LogP contribution is 2.19. The summed E-state index contributed by atoms with van der Waals surface area (Å²) in [4.78, 5) is 21.9. The molecule has 0 spiro atoms. The first-order valence-electron chi connectivity index (χ1n) is 7.06. The monoisotopic (exact) mass is 256 g/mol. The summed E-state index contributed by atoms with van der Waals surface area (Å²) in [5, 5.41) is 0. The topological polar surface area (TPSA) is 43.4 Å². The van der Waals surface area contributed by atoms with Gasteiger partial charge in [-0.05, 0) is 46.5 Å². The number of hydrogen-bond acceptors (Lipinski definition) is 3. The Hall–Kier alpha value is -0.860. The van der Waals surface area contributed by atoms with Crippen molar-refractivity contribution in [3.63, 3.8) is 0 Å². The van der Waals surface area contributed by atoms with Crippen molar-refractivity contribution in [2.75, 3.05) is 0 Å². The molecule has 0 radical (unpaired) electrons. The molecule has 0 N–H and O–H groups in total. The minimum Gasteiger partial charge on any atom is -0.462 e. The van der Waals surface area contributed by atoms with Crippen LogP contribution >= 0.6 is 0 Å². The van der Waals surface area contributed by atoms with Gasteiger partial charge >= 0.3 is 5.97 Å². The van der Waals surface area contributed by atoms with Crippen LogP contribution in [0.2, 0.25) is 0 Å². The third kappa shape index (κ3) is 8.26. The Balaban J connectivity index is 3.77. The number of carbonyl (C=O) groups is 2. The summed E-state index contributed by atoms with van der Waals surface area (Å²) >= 11 is 0. The molecule has 0 aliphatic heterocycles. The summed E-state index contributed by atoms with van der Waals surface area (Å²) in [6, 6.07) is 0. The highest BCUT2D eigenvalue weighted by atomic mass is 16.5. The molecule has 0 heterocycles. The first-order valence-corrected chi connectivity index (χ1v) is 7.06. The van der Waals surface area contributed by atoms with E-state index in [9.17, 15) is 9.59 Å². The lowest BCUT2D eigenvalue weighted by atomic mass is 9.97. The maximum Gasteiger partial charge on any atom is 0.311 e. The second-order valence-corrected chi connectivity index (χ2v) is 5.84. The first kappa shape index (κ1) is 17.1. The van der Waals surface area contributed by atoms with Crippen molar-refractivity contribution in [3.8, 4) is 0 Å². The van der Waals surface area contributed by atoms with Crippen LogP contribution < -0.4 is 0 Å². The van der Waals surface area contributed by atoms with Crippen molar-refractivity contribution in [2.24, 2.45) is 5.41 Å². The van der Waals surface area contributed by atoms with Gasteiger partial charge in [-0.3, -0.25) is 4.79 Å². The molecule has 0 bridgehead atoms. The zero-order chi connectivity index (χ0) is 14.0. The van der Waals surface area contributed by atoms with E-state index in [1.165, 1.54) is 0 Å². The Morgan fingerprint density at radius 1 is 1.17 bits per heavy atom. The van der Waals surface area contributed by atoms with E-state index in [0.717, 1.165) is 44.8 Å². The molecule has 0 aromatic rings. The van der Waals surface area contributed by atoms with E-state index in [2.05, 4.69) is 0 Å². The third-order valence-electron chi connectivity index (χ3n) is 2.94. The molecule has 0 fully saturated rings. The van der Waals surface area contributed by atoms with Gasteiger partial charge in [-0.15, -0.1) is 0 Å². The fraction of sp³-hybridized carbons (Fsp3) is 0.867. The van der Waals surface area contributed by atoms with Crippen molar-refractivity contribution in [3.05, 3.63) is 0 Å². The van der Waals surface area contributed by atoms with E-state index in [1.807, 2.05) is 27.7 Å². The fourth-order valence-corrected chi connectivity index (χ4v) is 1.63. The highest BCUT2D eigenvalue weighted by molar-refractivity contribution is 5.75. The van der Waals surface area contributed by atoms with Crippen LogP contribution in [0.25, 0.3) is 0 Å². The Bertz CT molecular complexity index is 241. The molecule has 0 saturated heterocycles. The summed E-state index contributed by atoms with van der Waals surface area (Å²) in [6.45, 7) is 7.68. The van der Waals surface area contributed by atoms with Crippen molar-refractivity contribution in [2.45, 2.75) is 78.7 Å². The van der Waals surface area contributed by atoms with Gasteiger partial charge in [-0.1, -0.05) is 19.8 Å². The zero-order valence-electron chi connectivity index (χ0n) is 12.3. The maximum absolute atomic E-state index is 11.7. The van der Waals surface area contributed by atoms with E-state index in [1.54, 1.807) is 0 Å². The minimum absolute atomic E-state index is 0.0443. The molecule has 0 saturated carbocycles. The number of aldehydes is 1. The normalized spacial score (nSPS) is 13.1. The summed E-state index contributed by atoms with van der Waals surface area (Å²) in [5.74, 6) is -0.115. The summed E-state index contributed by atoms with van der Waals surface area (Å²) in [7, 11) is 0. The molecule has 0 aliphatic rings. The molecule has 3 nitrogen and oxygen atoms in total. The molecule has 1 unspecified atom stereocenters. The Morgan fingerprint density at radius 2 is 1.78 bits per heavy atom. The van der Waals surface area contributed by atoms with Crippen LogP contribution in [-0.4, -0.2) is 18.4 Å². The van der Waals surface area contributed by atoms with Gasteiger partial charge in [0, 0.05) is 6.42 Å². The van der Waals surface area contributed by atoms with Gasteiger partial charge in [0.1, 0.15) is 12.4 Å². The predicted molar refractivity (Wildman–Crippen MR) is 73.4 cm³/mol. The standard InChI is InChI=1S/C15H28O3/c1-5-13(18-14(17)15(2,3)4)11-9-7-6-8-10-12-16/h12-13H,5-11H2,1-4H3. The first-order chi connectivity index (χ1) is 8.41. The maximum atomic E-state index is 11.7. The Labute approximate surface area is 111 Å². The molecule has 0 aromatic carbocycles. The molecule has 106 valence electrons. The highest BCUT2D eigenvalue weighted by Gasteiger charge is 2.25. The smallest absolute Gasteiger partial charge is 0.311 e. The van der Waals surface area contributed by atoms with Crippen LogP contribution in [0, 0.1) is 5.41 Å². The van der Waals surface area contributed by atoms with Crippen LogP contribution in [0.1, 0.15) is 72.6 Å². The number of hydrogen-bond donors (Lipinski definition) is 0. The molecule has 0 aromatic heterocycles. The SMILES string of the molecule is CCC(CCCCCCC=O)OC(=O)C(C)(C)C. The Morgan fingerprint density at radius 3 is 2.28 bits per heavy atom. The van der Waals surface area contributed by atoms with Crippen LogP contribution in [0.5, 0.6) is 0 Å². The number of unbranched alkanes of at least 4 members (excludes halogenated alkanes) is 4. The van der Waals surface area contributed by atoms with Crippen LogP contribution in [-0.2, 0) is 14.3 Å². The van der Waals surface area contributed by atoms with Gasteiger partial charge in [0.2, 0.25) is 0 Å². The quantitative estimate of drug-likeness (QED) is 0.357. The van der Waals surface area contributed by atoms with Gasteiger partial charge in [-0.2, -0.15) is 0 Å². The van der Waals surface area contributed by atoms with Crippen molar-refractivity contribution < 1.29 is 14.3 Å². The van der Waals surface area contributed by atoms with E-state index < -0.39 is 5.41 Å². The second-order valence-electron chi connectivity index (χ2n) is 5.84. The molecule has 0 aliphatic carbocycles. The third-order valence-corrected chi connectivity index (χ3v) is 2.94. The number of carbonyl (C=O) groups excluding carboxylic acids is 2. The van der Waals surface area contributed by atoms with E-state index in [4.69, 9.17) is 4.74 Å². The van der Waals surface area contributed by atoms with Gasteiger partial charge in [0.05, 0.1) is 5.41 Å². The number of esters is 1. The number of rotatable bonds is 9. The molecule has 3 heteroatoms. The zero-order valence-corrected chi connectivity index (χ0v) is 12.3. The molecule has 0 rings (SSSR count). The molecular formula is C15H28O3. The van der Waals surface area contributed by atoms with E-state index in [-0.39, 0.29) is 12.1 Å². The lowest BCUT2D eigenvalue weighted by Crippen LogP contribution is -2.28. The second kappa shape index (κ2) is 9.12. The van der Waals surface area contributed by atoms with Gasteiger partial charge in [0.25, 0.3) is 0 Å². The summed E-state index contributed by atoms with van der Waals surface area (Å²) in [6.07, 6.45) is 7.71. The van der Waals surface area contributed by atoms with Gasteiger partial charge in [0.15, 0.2) is 0 Å². The van der Waals surface area contributed by atoms with Crippen molar-refractivity contribution in [1.82, 2.24) is 0 Å². The lowest BCUT2D eigenvalue weighted by Gasteiger charge is -2.22. The molecular weight excluding hydrogens is 228 g/mol. The minimum atomic E-state index is -0.419. The average molecular weight is 256 g/mol. The predicted octanol–water partition coefficient (Wildman–Crippen LogP) is 3.89. The fourth-order valence-electron chi connectivity index (χ4n) is 1.63. The van der Waals surface area contributed by atoms with Crippen molar-refractivity contribution >= 4 is 12.3 Å². The van der Waals surface area contributed by atoms with Crippen LogP contribution in [0.15, 0.2) is 0 Å². The van der Waals surface area contributed by atoms with Gasteiger partial charge in [-0.25, -0.2) is 0 Å². The van der Waals surface area contributed by atoms with Gasteiger partial charge < -0.3 is 9.53 Å². The van der Waals surface area contributed by atoms with E-state index in [0.29, 0.717) is 6.42 Å². The molecule has 18 heavy (non-hydrogen) atoms. The molecule has 1 atom stereocenters. The Kier molecular flexibility index (Phi) is 8.69. The average Bonchev–Trinajstić information content (AvgIpc) is 2.30. The largest absolute Gasteiger partial charge is 0.462 e. The van der Waals surface area contributed by atoms with E-state index >= 15 is 0 Å². The van der Waals surface area contributed by atoms with Crippen LogP contribution in [0.3, 0.4) is 0 Å². The van der Waals surface area contributed by atoms with Crippen molar-refractivity contribution in [1.29, 1.82) is 0 Å². The number of ether oxygens (including phenoxy) is 1. The molecule has 0 amide bonds. The van der Waals surface area contributed by atoms with Crippen LogP contribution in [0.4, 0.5) is 0 Å². The lowest BCUT2D eigenvalue weighted by molar-refractivity contribution is -0.159. The summed E-state index contributed by atoms with van der Waals surface area (Å²) in [5.41, 5.74) is -0.419.